The molecule has 2 aromatic rings. The summed E-state index contributed by atoms with van der Waals surface area (Å²) >= 11 is 0. The first-order valence-electron chi connectivity index (χ1n) is 7.76. The first kappa shape index (κ1) is 18.7. The number of amides is 1. The summed E-state index contributed by atoms with van der Waals surface area (Å²) in [6.07, 6.45) is 2.85. The lowest BCUT2D eigenvalue weighted by Gasteiger charge is -2.13. The third kappa shape index (κ3) is 4.48. The predicted octanol–water partition coefficient (Wildman–Crippen LogP) is 2.31. The van der Waals surface area contributed by atoms with Crippen molar-refractivity contribution >= 4 is 15.9 Å². The second kappa shape index (κ2) is 7.98. The Morgan fingerprint density at radius 2 is 1.80 bits per heavy atom. The van der Waals surface area contributed by atoms with Gasteiger partial charge in [-0.2, -0.15) is 0 Å². The second-order valence-electron chi connectivity index (χ2n) is 5.10. The summed E-state index contributed by atoms with van der Waals surface area (Å²) in [7, 11) is -4.06. The fraction of sp³-hybridized carbons (Fsp3) is 0.294. The number of benzene rings is 1. The van der Waals surface area contributed by atoms with Crippen molar-refractivity contribution in [1.82, 2.24) is 9.71 Å². The maximum atomic E-state index is 12.5. The smallest absolute Gasteiger partial charge is 0.266 e. The number of nitrogens with zero attached hydrogens (tertiary/aromatic N) is 1. The van der Waals surface area contributed by atoms with Gasteiger partial charge < -0.3 is 9.47 Å². The first-order valence-corrected chi connectivity index (χ1v) is 9.24. The minimum Gasteiger partial charge on any atom is -0.490 e. The average molecular weight is 364 g/mol. The molecule has 0 spiro atoms. The van der Waals surface area contributed by atoms with E-state index in [2.05, 4.69) is 4.98 Å². The van der Waals surface area contributed by atoms with Crippen LogP contribution in [0.1, 0.15) is 29.8 Å². The Bertz CT molecular complexity index is 865. The summed E-state index contributed by atoms with van der Waals surface area (Å²) in [4.78, 5) is 16.0. The molecule has 2 rings (SSSR count). The molecule has 25 heavy (non-hydrogen) atoms. The molecule has 0 fully saturated rings. The SMILES string of the molecule is CCOc1ccc(S(=O)(=O)NC(=O)c2cnccc2C)cc1OCC. The van der Waals surface area contributed by atoms with Crippen LogP contribution in [0.5, 0.6) is 11.5 Å². The van der Waals surface area contributed by atoms with E-state index in [1.807, 2.05) is 11.6 Å². The number of aryl methyl sites for hydroxylation is 1. The van der Waals surface area contributed by atoms with Crippen molar-refractivity contribution in [3.63, 3.8) is 0 Å². The quantitative estimate of drug-likeness (QED) is 0.810. The van der Waals surface area contributed by atoms with Gasteiger partial charge in [0.1, 0.15) is 0 Å². The van der Waals surface area contributed by atoms with Crippen LogP contribution < -0.4 is 14.2 Å². The van der Waals surface area contributed by atoms with Crippen LogP contribution >= 0.6 is 0 Å². The van der Waals surface area contributed by atoms with Gasteiger partial charge in [-0.05, 0) is 44.5 Å². The van der Waals surface area contributed by atoms with E-state index in [1.54, 1.807) is 19.9 Å². The molecule has 0 saturated carbocycles. The van der Waals surface area contributed by atoms with Crippen molar-refractivity contribution in [1.29, 1.82) is 0 Å². The monoisotopic (exact) mass is 364 g/mol. The molecule has 0 bridgehead atoms. The van der Waals surface area contributed by atoms with Crippen LogP contribution in [0.4, 0.5) is 0 Å². The van der Waals surface area contributed by atoms with E-state index in [-0.39, 0.29) is 10.5 Å². The zero-order chi connectivity index (χ0) is 18.4. The molecule has 1 heterocycles. The number of hydrogen-bond donors (Lipinski definition) is 1. The zero-order valence-electron chi connectivity index (χ0n) is 14.3. The molecule has 0 saturated heterocycles. The van der Waals surface area contributed by atoms with E-state index in [4.69, 9.17) is 9.47 Å². The lowest BCUT2D eigenvalue weighted by atomic mass is 10.1. The van der Waals surface area contributed by atoms with Crippen LogP contribution in [-0.4, -0.2) is 32.5 Å². The van der Waals surface area contributed by atoms with Crippen LogP contribution in [-0.2, 0) is 10.0 Å². The minimum absolute atomic E-state index is 0.0886. The molecule has 0 unspecified atom stereocenters. The molecular weight excluding hydrogens is 344 g/mol. The molecule has 0 aliphatic heterocycles. The number of carbonyl (C=O) groups excluding carboxylic acids is 1. The van der Waals surface area contributed by atoms with Gasteiger partial charge in [-0.25, -0.2) is 13.1 Å². The van der Waals surface area contributed by atoms with E-state index < -0.39 is 15.9 Å². The van der Waals surface area contributed by atoms with Gasteiger partial charge in [0.2, 0.25) is 0 Å². The molecular formula is C17H20N2O5S. The lowest BCUT2D eigenvalue weighted by molar-refractivity contribution is 0.0980. The molecule has 0 aliphatic rings. The maximum absolute atomic E-state index is 12.5. The van der Waals surface area contributed by atoms with Gasteiger partial charge in [0, 0.05) is 18.5 Å². The van der Waals surface area contributed by atoms with Gasteiger partial charge in [0.25, 0.3) is 15.9 Å². The van der Waals surface area contributed by atoms with Gasteiger partial charge in [-0.1, -0.05) is 0 Å². The largest absolute Gasteiger partial charge is 0.490 e. The Labute approximate surface area is 147 Å². The van der Waals surface area contributed by atoms with Crippen LogP contribution in [0.3, 0.4) is 0 Å². The van der Waals surface area contributed by atoms with Gasteiger partial charge in [-0.15, -0.1) is 0 Å². The maximum Gasteiger partial charge on any atom is 0.266 e. The molecule has 7 nitrogen and oxygen atoms in total. The van der Waals surface area contributed by atoms with Crippen molar-refractivity contribution in [2.24, 2.45) is 0 Å². The zero-order valence-corrected chi connectivity index (χ0v) is 15.1. The number of aromatic nitrogens is 1. The molecule has 0 aliphatic carbocycles. The number of sulfonamides is 1. The number of hydrogen-bond acceptors (Lipinski definition) is 6. The average Bonchev–Trinajstić information content (AvgIpc) is 2.56. The molecule has 134 valence electrons. The van der Waals surface area contributed by atoms with Crippen molar-refractivity contribution in [3.05, 3.63) is 47.8 Å². The fourth-order valence-corrected chi connectivity index (χ4v) is 3.12. The molecule has 8 heteroatoms. The Kier molecular flexibility index (Phi) is 5.97. The molecule has 1 aromatic heterocycles. The minimum atomic E-state index is -4.06. The third-order valence-electron chi connectivity index (χ3n) is 3.34. The number of ether oxygens (including phenoxy) is 2. The van der Waals surface area contributed by atoms with E-state index in [0.717, 1.165) is 0 Å². The van der Waals surface area contributed by atoms with Crippen LogP contribution in [0.15, 0.2) is 41.6 Å². The van der Waals surface area contributed by atoms with Crippen molar-refractivity contribution in [3.8, 4) is 11.5 Å². The fourth-order valence-electron chi connectivity index (χ4n) is 2.14. The van der Waals surface area contributed by atoms with E-state index in [9.17, 15) is 13.2 Å². The normalized spacial score (nSPS) is 11.0. The van der Waals surface area contributed by atoms with Gasteiger partial charge in [-0.3, -0.25) is 9.78 Å². The van der Waals surface area contributed by atoms with Crippen LogP contribution in [0.25, 0.3) is 0 Å². The number of rotatable bonds is 7. The highest BCUT2D eigenvalue weighted by molar-refractivity contribution is 7.90. The van der Waals surface area contributed by atoms with Crippen LogP contribution in [0, 0.1) is 6.92 Å². The summed E-state index contributed by atoms with van der Waals surface area (Å²) in [5.41, 5.74) is 0.825. The van der Waals surface area contributed by atoms with Gasteiger partial charge in [0.15, 0.2) is 11.5 Å². The summed E-state index contributed by atoms with van der Waals surface area (Å²) in [6.45, 7) is 6.07. The standard InChI is InChI=1S/C17H20N2O5S/c1-4-23-15-7-6-13(10-16(15)24-5-2)25(21,22)19-17(20)14-11-18-9-8-12(14)3/h6-11H,4-5H2,1-3H3,(H,19,20). The topological polar surface area (TPSA) is 94.6 Å². The first-order chi connectivity index (χ1) is 11.9. The third-order valence-corrected chi connectivity index (χ3v) is 4.66. The number of nitrogens with one attached hydrogen (secondary N) is 1. The van der Waals surface area contributed by atoms with E-state index in [1.165, 1.54) is 30.6 Å². The lowest BCUT2D eigenvalue weighted by Crippen LogP contribution is -2.31. The van der Waals surface area contributed by atoms with Crippen molar-refractivity contribution < 1.29 is 22.7 Å². The highest BCUT2D eigenvalue weighted by atomic mass is 32.2. The van der Waals surface area contributed by atoms with Gasteiger partial charge in [0.05, 0.1) is 23.7 Å². The Hall–Kier alpha value is -2.61. The second-order valence-corrected chi connectivity index (χ2v) is 6.78. The van der Waals surface area contributed by atoms with Gasteiger partial charge >= 0.3 is 0 Å². The Morgan fingerprint density at radius 3 is 2.44 bits per heavy atom. The van der Waals surface area contributed by atoms with Crippen LogP contribution in [0.2, 0.25) is 0 Å². The van der Waals surface area contributed by atoms with Crippen molar-refractivity contribution in [2.75, 3.05) is 13.2 Å². The molecule has 1 aromatic carbocycles. The summed E-state index contributed by atoms with van der Waals surface area (Å²) < 4.78 is 37.9. The summed E-state index contributed by atoms with van der Waals surface area (Å²) in [5.74, 6) is 0.00686. The predicted molar refractivity (Wildman–Crippen MR) is 92.4 cm³/mol. The number of pyridine rings is 1. The van der Waals surface area contributed by atoms with E-state index in [0.29, 0.717) is 30.3 Å². The summed E-state index contributed by atoms with van der Waals surface area (Å²) in [5, 5.41) is 0. The highest BCUT2D eigenvalue weighted by Crippen LogP contribution is 2.30. The summed E-state index contributed by atoms with van der Waals surface area (Å²) in [6, 6.07) is 5.83. The van der Waals surface area contributed by atoms with Crippen molar-refractivity contribution in [2.45, 2.75) is 25.7 Å². The Morgan fingerprint density at radius 1 is 1.12 bits per heavy atom. The molecule has 1 N–H and O–H groups in total. The number of carbonyl (C=O) groups is 1. The Balaban J connectivity index is 2.31. The van der Waals surface area contributed by atoms with E-state index >= 15 is 0 Å². The molecule has 0 atom stereocenters. The highest BCUT2D eigenvalue weighted by Gasteiger charge is 2.21. The molecule has 0 radical (unpaired) electrons. The molecule has 1 amide bonds.